The number of rotatable bonds is 5. The van der Waals surface area contributed by atoms with Gasteiger partial charge in [-0.25, -0.2) is 0 Å². The van der Waals surface area contributed by atoms with Crippen LogP contribution in [0.1, 0.15) is 37.6 Å². The van der Waals surface area contributed by atoms with Gasteiger partial charge in [-0.1, -0.05) is 50.2 Å². The fraction of sp³-hybridized carbons (Fsp3) is 0.389. The molecule has 0 bridgehead atoms. The van der Waals surface area contributed by atoms with Crippen LogP contribution in [0.3, 0.4) is 0 Å². The van der Waals surface area contributed by atoms with Gasteiger partial charge >= 0.3 is 0 Å². The molecular weight excluding hydrogens is 244 g/mol. The van der Waals surface area contributed by atoms with Gasteiger partial charge in [0.15, 0.2) is 0 Å². The van der Waals surface area contributed by atoms with Gasteiger partial charge in [0.2, 0.25) is 0 Å². The maximum Gasteiger partial charge on any atom is 0.0751 e. The van der Waals surface area contributed by atoms with Crippen LogP contribution in [0.4, 0.5) is 0 Å². The molecule has 0 saturated heterocycles. The Morgan fingerprint density at radius 2 is 1.85 bits per heavy atom. The molecule has 20 heavy (non-hydrogen) atoms. The molecular formula is C18H22N2. The monoisotopic (exact) mass is 266 g/mol. The summed E-state index contributed by atoms with van der Waals surface area (Å²) in [6.07, 6.45) is 3.19. The van der Waals surface area contributed by atoms with E-state index in [1.807, 2.05) is 12.3 Å². The third-order valence-electron chi connectivity index (χ3n) is 4.40. The van der Waals surface area contributed by atoms with E-state index in [4.69, 9.17) is 0 Å². The van der Waals surface area contributed by atoms with Crippen molar-refractivity contribution in [1.29, 1.82) is 0 Å². The summed E-state index contributed by atoms with van der Waals surface area (Å²) in [4.78, 5) is 4.53. The first-order valence-corrected chi connectivity index (χ1v) is 7.36. The maximum atomic E-state index is 4.53. The number of hydrogen-bond donors (Lipinski definition) is 1. The highest BCUT2D eigenvalue weighted by Crippen LogP contribution is 2.51. The maximum absolute atomic E-state index is 4.53. The molecule has 1 heterocycles. The summed E-state index contributed by atoms with van der Waals surface area (Å²) in [5.74, 6) is 0.789. The molecule has 2 atom stereocenters. The summed E-state index contributed by atoms with van der Waals surface area (Å²) in [5.41, 5.74) is 2.89. The second-order valence-electron chi connectivity index (χ2n) is 6.40. The molecule has 1 fully saturated rings. The van der Waals surface area contributed by atoms with Crippen LogP contribution in [0, 0.1) is 11.3 Å². The van der Waals surface area contributed by atoms with Crippen LogP contribution in [0.5, 0.6) is 0 Å². The average Bonchev–Trinajstić information content (AvgIpc) is 3.09. The highest BCUT2D eigenvalue weighted by atomic mass is 15.0. The van der Waals surface area contributed by atoms with Crippen LogP contribution >= 0.6 is 0 Å². The Bertz CT molecular complexity index is 509. The van der Waals surface area contributed by atoms with E-state index in [1.165, 1.54) is 12.0 Å². The van der Waals surface area contributed by atoms with Crippen molar-refractivity contribution in [2.24, 2.45) is 11.3 Å². The van der Waals surface area contributed by atoms with Crippen molar-refractivity contribution in [1.82, 2.24) is 10.3 Å². The zero-order valence-electron chi connectivity index (χ0n) is 12.2. The predicted octanol–water partition coefficient (Wildman–Crippen LogP) is 3.81. The summed E-state index contributed by atoms with van der Waals surface area (Å²) in [6.45, 7) is 5.75. The molecule has 1 aromatic carbocycles. The van der Waals surface area contributed by atoms with Gasteiger partial charge in [0, 0.05) is 6.20 Å². The molecule has 2 aromatic rings. The average molecular weight is 266 g/mol. The predicted molar refractivity (Wildman–Crippen MR) is 82.4 cm³/mol. The fourth-order valence-electron chi connectivity index (χ4n) is 2.77. The lowest BCUT2D eigenvalue weighted by molar-refractivity contribution is 0.492. The van der Waals surface area contributed by atoms with E-state index in [0.717, 1.165) is 18.2 Å². The van der Waals surface area contributed by atoms with Gasteiger partial charge in [-0.15, -0.1) is 0 Å². The molecule has 0 amide bonds. The molecule has 1 aromatic heterocycles. The molecule has 0 spiro atoms. The van der Waals surface area contributed by atoms with Gasteiger partial charge in [0.25, 0.3) is 0 Å². The minimum absolute atomic E-state index is 0.189. The van der Waals surface area contributed by atoms with Crippen molar-refractivity contribution in [2.75, 3.05) is 6.54 Å². The van der Waals surface area contributed by atoms with E-state index in [-0.39, 0.29) is 6.04 Å². The van der Waals surface area contributed by atoms with Crippen molar-refractivity contribution in [3.8, 4) is 0 Å². The Morgan fingerprint density at radius 1 is 1.15 bits per heavy atom. The number of nitrogens with zero attached hydrogens (tertiary/aromatic N) is 1. The van der Waals surface area contributed by atoms with E-state index in [0.29, 0.717) is 5.41 Å². The fourth-order valence-corrected chi connectivity index (χ4v) is 2.77. The summed E-state index contributed by atoms with van der Waals surface area (Å²) >= 11 is 0. The molecule has 3 rings (SSSR count). The van der Waals surface area contributed by atoms with E-state index in [2.05, 4.69) is 66.6 Å². The van der Waals surface area contributed by atoms with Crippen LogP contribution in [-0.2, 0) is 0 Å². The lowest BCUT2D eigenvalue weighted by Gasteiger charge is -2.19. The van der Waals surface area contributed by atoms with Gasteiger partial charge in [-0.05, 0) is 42.0 Å². The van der Waals surface area contributed by atoms with E-state index < -0.39 is 0 Å². The van der Waals surface area contributed by atoms with Gasteiger partial charge in [-0.2, -0.15) is 0 Å². The molecule has 2 unspecified atom stereocenters. The normalized spacial score (nSPS) is 21.4. The van der Waals surface area contributed by atoms with E-state index >= 15 is 0 Å². The summed E-state index contributed by atoms with van der Waals surface area (Å²) < 4.78 is 0. The summed E-state index contributed by atoms with van der Waals surface area (Å²) in [7, 11) is 0. The third-order valence-corrected chi connectivity index (χ3v) is 4.40. The minimum atomic E-state index is 0.189. The van der Waals surface area contributed by atoms with Gasteiger partial charge in [0.1, 0.15) is 0 Å². The summed E-state index contributed by atoms with van der Waals surface area (Å²) in [6, 6.07) is 16.9. The van der Waals surface area contributed by atoms with Crippen LogP contribution in [-0.4, -0.2) is 11.5 Å². The van der Waals surface area contributed by atoms with Crippen LogP contribution in [0.15, 0.2) is 54.7 Å². The number of pyridine rings is 1. The van der Waals surface area contributed by atoms with Crippen molar-refractivity contribution in [2.45, 2.75) is 26.3 Å². The standard InChI is InChI=1S/C18H22N2/c1-18(2)12-15(18)13-20-17(14-8-4-3-5-9-14)16-10-6-7-11-19-16/h3-11,15,17,20H,12-13H2,1-2H3. The summed E-state index contributed by atoms with van der Waals surface area (Å²) in [5, 5.41) is 3.71. The lowest BCUT2D eigenvalue weighted by atomic mass is 10.0. The van der Waals surface area contributed by atoms with Gasteiger partial charge < -0.3 is 5.32 Å². The van der Waals surface area contributed by atoms with Gasteiger partial charge in [0.05, 0.1) is 11.7 Å². The van der Waals surface area contributed by atoms with Crippen molar-refractivity contribution < 1.29 is 0 Å². The zero-order valence-corrected chi connectivity index (χ0v) is 12.2. The van der Waals surface area contributed by atoms with E-state index in [9.17, 15) is 0 Å². The third kappa shape index (κ3) is 2.91. The molecule has 0 radical (unpaired) electrons. The smallest absolute Gasteiger partial charge is 0.0751 e. The van der Waals surface area contributed by atoms with Gasteiger partial charge in [-0.3, -0.25) is 4.98 Å². The largest absolute Gasteiger partial charge is 0.305 e. The molecule has 2 heteroatoms. The number of hydrogen-bond acceptors (Lipinski definition) is 2. The Balaban J connectivity index is 1.78. The van der Waals surface area contributed by atoms with E-state index in [1.54, 1.807) is 0 Å². The van der Waals surface area contributed by atoms with Crippen molar-refractivity contribution in [3.63, 3.8) is 0 Å². The van der Waals surface area contributed by atoms with Crippen LogP contribution < -0.4 is 5.32 Å². The van der Waals surface area contributed by atoms with Crippen LogP contribution in [0.25, 0.3) is 0 Å². The van der Waals surface area contributed by atoms with Crippen molar-refractivity contribution in [3.05, 3.63) is 66.0 Å². The Kier molecular flexibility index (Phi) is 3.58. The Labute approximate surface area is 121 Å². The second-order valence-corrected chi connectivity index (χ2v) is 6.40. The molecule has 2 nitrogen and oxygen atoms in total. The number of aromatic nitrogens is 1. The molecule has 1 aliphatic carbocycles. The molecule has 1 saturated carbocycles. The molecule has 104 valence electrons. The lowest BCUT2D eigenvalue weighted by Crippen LogP contribution is -2.26. The Hall–Kier alpha value is -1.67. The highest BCUT2D eigenvalue weighted by Gasteiger charge is 2.45. The number of benzene rings is 1. The minimum Gasteiger partial charge on any atom is -0.305 e. The molecule has 1 aliphatic rings. The highest BCUT2D eigenvalue weighted by molar-refractivity contribution is 5.27. The number of nitrogens with one attached hydrogen (secondary N) is 1. The SMILES string of the molecule is CC1(C)CC1CNC(c1ccccc1)c1ccccn1. The first-order chi connectivity index (χ1) is 9.67. The first kappa shape index (κ1) is 13.3. The zero-order chi connectivity index (χ0) is 14.0. The van der Waals surface area contributed by atoms with Crippen LogP contribution in [0.2, 0.25) is 0 Å². The van der Waals surface area contributed by atoms with Crippen molar-refractivity contribution >= 4 is 0 Å². The Morgan fingerprint density at radius 3 is 2.45 bits per heavy atom. The second kappa shape index (κ2) is 5.37. The first-order valence-electron chi connectivity index (χ1n) is 7.36. The molecule has 0 aliphatic heterocycles. The molecule has 1 N–H and O–H groups in total. The quantitative estimate of drug-likeness (QED) is 0.890. The topological polar surface area (TPSA) is 24.9 Å².